The van der Waals surface area contributed by atoms with Crippen molar-refractivity contribution in [3.8, 4) is 11.4 Å². The van der Waals surface area contributed by atoms with E-state index in [-0.39, 0.29) is 23.7 Å². The van der Waals surface area contributed by atoms with Gasteiger partial charge in [0.1, 0.15) is 6.04 Å². The van der Waals surface area contributed by atoms with Gasteiger partial charge < -0.3 is 20.0 Å². The molecule has 4 aromatic rings. The Morgan fingerprint density at radius 2 is 1.55 bits per heavy atom. The molecular weight excluding hydrogens is 594 g/mol. The molecule has 248 valence electrons. The number of benzene rings is 2. The molecule has 7 rings (SSSR count). The van der Waals surface area contributed by atoms with Gasteiger partial charge >= 0.3 is 11.7 Å². The maximum Gasteiger partial charge on any atom is 0.343 e. The summed E-state index contributed by atoms with van der Waals surface area (Å²) in [4.78, 5) is 46.7. The highest BCUT2D eigenvalue weighted by molar-refractivity contribution is 5.88. The Hall–Kier alpha value is -4.45. The number of hydrogen-bond donors (Lipinski definition) is 3. The fourth-order valence-electron chi connectivity index (χ4n) is 7.87. The van der Waals surface area contributed by atoms with Gasteiger partial charge in [0.25, 0.3) is 0 Å². The lowest BCUT2D eigenvalue weighted by atomic mass is 9.79. The van der Waals surface area contributed by atoms with Crippen molar-refractivity contribution in [3.05, 3.63) is 70.8 Å². The molecule has 1 unspecified atom stereocenters. The van der Waals surface area contributed by atoms with Gasteiger partial charge in [-0.2, -0.15) is 10.2 Å². The summed E-state index contributed by atoms with van der Waals surface area (Å²) in [7, 11) is 2.20. The fourth-order valence-corrected chi connectivity index (χ4v) is 7.87. The minimum Gasteiger partial charge on any atom is -0.341 e. The first-order chi connectivity index (χ1) is 22.9. The number of urea groups is 1. The topological polar surface area (TPSA) is 135 Å². The number of likely N-dealkylation sites (tertiary alicyclic amines) is 3. The van der Waals surface area contributed by atoms with E-state index in [1.807, 2.05) is 53.4 Å². The molecule has 0 radical (unpaired) electrons. The van der Waals surface area contributed by atoms with Crippen LogP contribution in [0.1, 0.15) is 50.1 Å². The Morgan fingerprint density at radius 3 is 2.28 bits per heavy atom. The molecule has 12 nitrogen and oxygen atoms in total. The van der Waals surface area contributed by atoms with Gasteiger partial charge in [0.2, 0.25) is 5.91 Å². The predicted octanol–water partition coefficient (Wildman–Crippen LogP) is 3.65. The van der Waals surface area contributed by atoms with Crippen LogP contribution in [-0.4, -0.2) is 104 Å². The Balaban J connectivity index is 1.02. The minimum atomic E-state index is -0.675. The zero-order valence-corrected chi connectivity index (χ0v) is 27.1. The number of aromatic nitrogens is 5. The van der Waals surface area contributed by atoms with Gasteiger partial charge in [-0.15, -0.1) is 0 Å². The van der Waals surface area contributed by atoms with E-state index in [4.69, 9.17) is 0 Å². The average molecular weight is 640 g/mol. The molecule has 5 heterocycles. The van der Waals surface area contributed by atoms with E-state index < -0.39 is 6.04 Å². The van der Waals surface area contributed by atoms with Crippen molar-refractivity contribution in [1.29, 1.82) is 0 Å². The maximum atomic E-state index is 14.1. The standard InChI is InChI=1S/C35H45N9O3/c1-41-15-9-25(10-16-41)26-11-17-42(18-12-26)33(45)31(22-24-7-8-30-28(21-24)23-36-38-30)37-34(46)43-19-13-29(14-20-43)44-32(39-40-35(44)47)27-5-3-2-4-6-27/h2-8,21,23,25-26,29,31H,9-20,22H2,1H3,(H,36,38)(H,37,46)(H,40,47). The third-order valence-electron chi connectivity index (χ3n) is 10.7. The largest absolute Gasteiger partial charge is 0.343 e. The molecule has 0 spiro atoms. The Labute approximate surface area is 274 Å². The fraction of sp³-hybridized carbons (Fsp3) is 0.514. The van der Waals surface area contributed by atoms with Crippen LogP contribution in [0.2, 0.25) is 0 Å². The highest BCUT2D eigenvalue weighted by Crippen LogP contribution is 2.33. The molecule has 3 fully saturated rings. The zero-order chi connectivity index (χ0) is 32.3. The van der Waals surface area contributed by atoms with E-state index in [0.717, 1.165) is 67.0 Å². The number of carbonyl (C=O) groups excluding carboxylic acids is 2. The molecule has 3 saturated heterocycles. The monoisotopic (exact) mass is 639 g/mol. The molecule has 2 aromatic carbocycles. The van der Waals surface area contributed by atoms with Crippen molar-refractivity contribution in [3.63, 3.8) is 0 Å². The number of aromatic amines is 2. The average Bonchev–Trinajstić information content (AvgIpc) is 3.74. The van der Waals surface area contributed by atoms with Crippen molar-refractivity contribution in [2.75, 3.05) is 46.3 Å². The first-order valence-electron chi connectivity index (χ1n) is 17.1. The Bertz CT molecular complexity index is 1720. The summed E-state index contributed by atoms with van der Waals surface area (Å²) < 4.78 is 1.72. The lowest BCUT2D eigenvalue weighted by Gasteiger charge is -2.40. The second-order valence-corrected chi connectivity index (χ2v) is 13.6. The molecule has 0 saturated carbocycles. The summed E-state index contributed by atoms with van der Waals surface area (Å²) in [6.45, 7) is 4.74. The highest BCUT2D eigenvalue weighted by atomic mass is 16.2. The Kier molecular flexibility index (Phi) is 9.10. The third kappa shape index (κ3) is 6.83. The zero-order valence-electron chi connectivity index (χ0n) is 27.1. The number of nitrogens with one attached hydrogen (secondary N) is 3. The van der Waals surface area contributed by atoms with Gasteiger partial charge in [0, 0.05) is 49.6 Å². The number of fused-ring (bicyclic) bond motifs is 1. The van der Waals surface area contributed by atoms with Gasteiger partial charge in [0.05, 0.1) is 11.7 Å². The second-order valence-electron chi connectivity index (χ2n) is 13.6. The smallest absolute Gasteiger partial charge is 0.341 e. The van der Waals surface area contributed by atoms with Crippen LogP contribution in [0, 0.1) is 11.8 Å². The molecule has 1 atom stereocenters. The number of carbonyl (C=O) groups is 2. The van der Waals surface area contributed by atoms with Crippen molar-refractivity contribution >= 4 is 22.8 Å². The summed E-state index contributed by atoms with van der Waals surface area (Å²) in [5, 5.41) is 18.1. The van der Waals surface area contributed by atoms with Crippen LogP contribution in [0.15, 0.2) is 59.5 Å². The molecule has 0 bridgehead atoms. The first kappa shape index (κ1) is 31.2. The van der Waals surface area contributed by atoms with Gasteiger partial charge in [-0.3, -0.25) is 14.5 Å². The molecule has 3 aliphatic heterocycles. The van der Waals surface area contributed by atoms with Crippen LogP contribution in [0.4, 0.5) is 4.79 Å². The number of H-pyrrole nitrogens is 2. The van der Waals surface area contributed by atoms with E-state index >= 15 is 0 Å². The quantitative estimate of drug-likeness (QED) is 0.283. The summed E-state index contributed by atoms with van der Waals surface area (Å²) in [6.07, 6.45) is 7.94. The van der Waals surface area contributed by atoms with Crippen LogP contribution in [0.3, 0.4) is 0 Å². The van der Waals surface area contributed by atoms with Crippen LogP contribution >= 0.6 is 0 Å². The van der Waals surface area contributed by atoms with E-state index in [9.17, 15) is 14.4 Å². The van der Waals surface area contributed by atoms with Crippen molar-refractivity contribution in [2.45, 2.75) is 57.0 Å². The van der Waals surface area contributed by atoms with Crippen LogP contribution in [0.25, 0.3) is 22.3 Å². The molecule has 2 aromatic heterocycles. The maximum absolute atomic E-state index is 14.1. The SMILES string of the molecule is CN1CCC(C2CCN(C(=O)C(Cc3ccc4[nH]ncc4c3)NC(=O)N3CCC(n4c(-c5ccccc5)n[nH]c4=O)CC3)CC2)CC1. The van der Waals surface area contributed by atoms with Crippen molar-refractivity contribution in [1.82, 2.24) is 45.0 Å². The number of nitrogens with zero attached hydrogens (tertiary/aromatic N) is 6. The number of piperidine rings is 3. The molecule has 3 N–H and O–H groups in total. The van der Waals surface area contributed by atoms with Crippen LogP contribution in [0.5, 0.6) is 0 Å². The highest BCUT2D eigenvalue weighted by Gasteiger charge is 2.35. The minimum absolute atomic E-state index is 0.0141. The van der Waals surface area contributed by atoms with Gasteiger partial charge in [-0.1, -0.05) is 36.4 Å². The van der Waals surface area contributed by atoms with Gasteiger partial charge in [0.15, 0.2) is 5.82 Å². The van der Waals surface area contributed by atoms with Crippen molar-refractivity contribution < 1.29 is 9.59 Å². The molecular formula is C35H45N9O3. The predicted molar refractivity (Wildman–Crippen MR) is 180 cm³/mol. The molecule has 47 heavy (non-hydrogen) atoms. The lowest BCUT2D eigenvalue weighted by molar-refractivity contribution is -0.135. The molecule has 12 heteroatoms. The normalized spacial score (nSPS) is 19.7. The second kappa shape index (κ2) is 13.7. The number of rotatable bonds is 7. The lowest BCUT2D eigenvalue weighted by Crippen LogP contribution is -2.55. The number of hydrogen-bond acceptors (Lipinski definition) is 6. The van der Waals surface area contributed by atoms with E-state index in [2.05, 4.69) is 37.7 Å². The first-order valence-corrected chi connectivity index (χ1v) is 17.1. The van der Waals surface area contributed by atoms with Crippen molar-refractivity contribution in [2.24, 2.45) is 11.8 Å². The summed E-state index contributed by atoms with van der Waals surface area (Å²) in [6, 6.07) is 14.7. The Morgan fingerprint density at radius 1 is 0.872 bits per heavy atom. The molecule has 3 aliphatic rings. The van der Waals surface area contributed by atoms with Crippen LogP contribution in [-0.2, 0) is 11.2 Å². The van der Waals surface area contributed by atoms with Gasteiger partial charge in [-0.05, 0) is 88.2 Å². The van der Waals surface area contributed by atoms with E-state index in [1.54, 1.807) is 15.7 Å². The number of amides is 3. The van der Waals surface area contributed by atoms with Gasteiger partial charge in [-0.25, -0.2) is 14.7 Å². The van der Waals surface area contributed by atoms with E-state index in [1.165, 1.54) is 12.8 Å². The summed E-state index contributed by atoms with van der Waals surface area (Å²) in [5.74, 6) is 2.00. The van der Waals surface area contributed by atoms with E-state index in [0.29, 0.717) is 44.1 Å². The summed E-state index contributed by atoms with van der Waals surface area (Å²) >= 11 is 0. The summed E-state index contributed by atoms with van der Waals surface area (Å²) in [5.41, 5.74) is 2.54. The molecule has 3 amide bonds. The van der Waals surface area contributed by atoms with Crippen LogP contribution < -0.4 is 11.0 Å². The third-order valence-corrected chi connectivity index (χ3v) is 10.7. The molecule has 0 aliphatic carbocycles.